The Balaban J connectivity index is 0.00000529. The van der Waals surface area contributed by atoms with Crippen LogP contribution in [0.15, 0.2) is 4.99 Å². The van der Waals surface area contributed by atoms with E-state index in [2.05, 4.69) is 54.8 Å². The maximum absolute atomic E-state index is 4.86. The second kappa shape index (κ2) is 14.1. The average molecular weight is 453 g/mol. The molecule has 144 valence electrons. The van der Waals surface area contributed by atoms with Crippen molar-refractivity contribution in [3.05, 3.63) is 0 Å². The van der Waals surface area contributed by atoms with Crippen LogP contribution in [-0.4, -0.2) is 86.1 Å². The summed E-state index contributed by atoms with van der Waals surface area (Å²) in [7, 11) is 2.20. The van der Waals surface area contributed by atoms with E-state index < -0.39 is 0 Å². The molecule has 1 atom stereocenters. The molecule has 0 amide bonds. The fourth-order valence-electron chi connectivity index (χ4n) is 3.26. The largest absolute Gasteiger partial charge is 0.357 e. The van der Waals surface area contributed by atoms with Crippen molar-refractivity contribution >= 4 is 29.9 Å². The Hall–Kier alpha value is -0.0800. The van der Waals surface area contributed by atoms with Crippen LogP contribution in [0.3, 0.4) is 0 Å². The normalized spacial score (nSPS) is 18.4. The monoisotopic (exact) mass is 453 g/mol. The molecule has 1 fully saturated rings. The van der Waals surface area contributed by atoms with E-state index in [1.807, 2.05) is 0 Å². The lowest BCUT2D eigenvalue weighted by atomic mass is 10.2. The SMILES string of the molecule is CCCCN(C)CCN=C(NCC)N1CCC(N(CC)CC)C1.I. The summed E-state index contributed by atoms with van der Waals surface area (Å²) >= 11 is 0. The first-order valence-corrected chi connectivity index (χ1v) is 9.61. The van der Waals surface area contributed by atoms with Gasteiger partial charge in [-0.1, -0.05) is 27.2 Å². The number of likely N-dealkylation sites (tertiary alicyclic amines) is 1. The zero-order chi connectivity index (χ0) is 17.1. The van der Waals surface area contributed by atoms with Crippen molar-refractivity contribution in [3.8, 4) is 0 Å². The lowest BCUT2D eigenvalue weighted by molar-refractivity contribution is 0.223. The molecule has 5 nitrogen and oxygen atoms in total. The smallest absolute Gasteiger partial charge is 0.194 e. The number of rotatable bonds is 10. The highest BCUT2D eigenvalue weighted by Gasteiger charge is 2.27. The lowest BCUT2D eigenvalue weighted by Crippen LogP contribution is -2.43. The lowest BCUT2D eigenvalue weighted by Gasteiger charge is -2.27. The number of likely N-dealkylation sites (N-methyl/N-ethyl adjacent to an activating group) is 2. The molecule has 0 aromatic rings. The number of nitrogens with one attached hydrogen (secondary N) is 1. The first-order valence-electron chi connectivity index (χ1n) is 9.61. The van der Waals surface area contributed by atoms with Gasteiger partial charge in [0.05, 0.1) is 6.54 Å². The molecule has 1 aliphatic heterocycles. The standard InChI is InChI=1S/C18H39N5.HI/c1-6-10-13-21(5)15-12-20-18(19-7-2)23-14-11-17(16-23)22(8-3)9-4;/h17H,6-16H2,1-5H3,(H,19,20);1H. The van der Waals surface area contributed by atoms with Crippen LogP contribution in [0.25, 0.3) is 0 Å². The number of nitrogens with zero attached hydrogens (tertiary/aromatic N) is 4. The van der Waals surface area contributed by atoms with Gasteiger partial charge in [-0.3, -0.25) is 9.89 Å². The molecule has 0 spiro atoms. The summed E-state index contributed by atoms with van der Waals surface area (Å²) < 4.78 is 0. The minimum absolute atomic E-state index is 0. The van der Waals surface area contributed by atoms with Crippen LogP contribution in [0.1, 0.15) is 47.0 Å². The van der Waals surface area contributed by atoms with Gasteiger partial charge < -0.3 is 15.1 Å². The van der Waals surface area contributed by atoms with Crippen molar-refractivity contribution in [1.82, 2.24) is 20.0 Å². The van der Waals surface area contributed by atoms with Gasteiger partial charge in [0, 0.05) is 32.2 Å². The van der Waals surface area contributed by atoms with Crippen LogP contribution < -0.4 is 5.32 Å². The minimum atomic E-state index is 0. The summed E-state index contributed by atoms with van der Waals surface area (Å²) in [5.74, 6) is 1.10. The predicted octanol–water partition coefficient (Wildman–Crippen LogP) is 2.72. The summed E-state index contributed by atoms with van der Waals surface area (Å²) in [5.41, 5.74) is 0. The maximum Gasteiger partial charge on any atom is 0.194 e. The maximum atomic E-state index is 4.86. The molecule has 1 saturated heterocycles. The highest BCUT2D eigenvalue weighted by atomic mass is 127. The molecule has 24 heavy (non-hydrogen) atoms. The quantitative estimate of drug-likeness (QED) is 0.314. The van der Waals surface area contributed by atoms with Crippen molar-refractivity contribution in [1.29, 1.82) is 0 Å². The molecule has 0 radical (unpaired) electrons. The second-order valence-electron chi connectivity index (χ2n) is 6.50. The molecule has 1 N–H and O–H groups in total. The van der Waals surface area contributed by atoms with Crippen LogP contribution in [0.4, 0.5) is 0 Å². The topological polar surface area (TPSA) is 34.1 Å². The van der Waals surface area contributed by atoms with Gasteiger partial charge in [0.15, 0.2) is 5.96 Å². The van der Waals surface area contributed by atoms with Crippen molar-refractivity contribution in [3.63, 3.8) is 0 Å². The van der Waals surface area contributed by atoms with E-state index in [4.69, 9.17) is 4.99 Å². The third-order valence-electron chi connectivity index (χ3n) is 4.76. The van der Waals surface area contributed by atoms with E-state index in [0.29, 0.717) is 6.04 Å². The van der Waals surface area contributed by atoms with E-state index >= 15 is 0 Å². The molecule has 0 aliphatic carbocycles. The molecule has 6 heteroatoms. The zero-order valence-electron chi connectivity index (χ0n) is 16.6. The van der Waals surface area contributed by atoms with E-state index in [1.165, 1.54) is 25.8 Å². The van der Waals surface area contributed by atoms with Crippen LogP contribution in [0.5, 0.6) is 0 Å². The number of aliphatic imine (C=N–C) groups is 1. The Labute approximate surface area is 167 Å². The van der Waals surface area contributed by atoms with Crippen molar-refractivity contribution in [2.75, 3.05) is 59.4 Å². The van der Waals surface area contributed by atoms with Crippen LogP contribution in [-0.2, 0) is 0 Å². The molecule has 1 aliphatic rings. The summed E-state index contributed by atoms with van der Waals surface area (Å²) in [6.07, 6.45) is 3.79. The highest BCUT2D eigenvalue weighted by molar-refractivity contribution is 14.0. The molecular weight excluding hydrogens is 413 g/mol. The van der Waals surface area contributed by atoms with Crippen LogP contribution >= 0.6 is 24.0 Å². The summed E-state index contributed by atoms with van der Waals surface area (Å²) in [6, 6.07) is 0.682. The van der Waals surface area contributed by atoms with Crippen LogP contribution in [0.2, 0.25) is 0 Å². The number of hydrogen-bond donors (Lipinski definition) is 1. The van der Waals surface area contributed by atoms with E-state index in [0.717, 1.165) is 51.8 Å². The first kappa shape index (κ1) is 23.9. The molecule has 0 saturated carbocycles. The summed E-state index contributed by atoms with van der Waals surface area (Å²) in [6.45, 7) is 17.5. The second-order valence-corrected chi connectivity index (χ2v) is 6.50. The number of unbranched alkanes of at least 4 members (excludes halogenated alkanes) is 1. The predicted molar refractivity (Wildman–Crippen MR) is 117 cm³/mol. The van der Waals surface area contributed by atoms with Gasteiger partial charge in [0.25, 0.3) is 0 Å². The van der Waals surface area contributed by atoms with Crippen LogP contribution in [0, 0.1) is 0 Å². The fourth-order valence-corrected chi connectivity index (χ4v) is 3.26. The van der Waals surface area contributed by atoms with Crippen molar-refractivity contribution < 1.29 is 0 Å². The zero-order valence-corrected chi connectivity index (χ0v) is 18.9. The molecule has 1 heterocycles. The fraction of sp³-hybridized carbons (Fsp3) is 0.944. The van der Waals surface area contributed by atoms with E-state index in [-0.39, 0.29) is 24.0 Å². The van der Waals surface area contributed by atoms with E-state index in [9.17, 15) is 0 Å². The van der Waals surface area contributed by atoms with Gasteiger partial charge >= 0.3 is 0 Å². The first-order chi connectivity index (χ1) is 11.2. The number of halogens is 1. The molecule has 1 unspecified atom stereocenters. The van der Waals surface area contributed by atoms with E-state index in [1.54, 1.807) is 0 Å². The van der Waals surface area contributed by atoms with Gasteiger partial charge in [-0.15, -0.1) is 24.0 Å². The molecule has 0 aromatic heterocycles. The Morgan fingerprint density at radius 2 is 1.88 bits per heavy atom. The molecule has 0 aromatic carbocycles. The van der Waals surface area contributed by atoms with Crippen molar-refractivity contribution in [2.24, 2.45) is 4.99 Å². The Morgan fingerprint density at radius 1 is 1.17 bits per heavy atom. The average Bonchev–Trinajstić information content (AvgIpc) is 3.03. The van der Waals surface area contributed by atoms with Gasteiger partial charge in [-0.25, -0.2) is 0 Å². The van der Waals surface area contributed by atoms with Crippen molar-refractivity contribution in [2.45, 2.75) is 53.0 Å². The highest BCUT2D eigenvalue weighted by Crippen LogP contribution is 2.15. The third kappa shape index (κ3) is 8.34. The Kier molecular flexibility index (Phi) is 14.1. The van der Waals surface area contributed by atoms with Gasteiger partial charge in [-0.2, -0.15) is 0 Å². The minimum Gasteiger partial charge on any atom is -0.357 e. The Morgan fingerprint density at radius 3 is 2.46 bits per heavy atom. The molecular formula is C18H40IN5. The van der Waals surface area contributed by atoms with Gasteiger partial charge in [-0.05, 0) is 46.4 Å². The molecule has 0 bridgehead atoms. The summed E-state index contributed by atoms with van der Waals surface area (Å²) in [5, 5.41) is 3.48. The Bertz CT molecular complexity index is 333. The summed E-state index contributed by atoms with van der Waals surface area (Å²) in [4.78, 5) is 12.3. The molecule has 1 rings (SSSR count). The third-order valence-corrected chi connectivity index (χ3v) is 4.76. The van der Waals surface area contributed by atoms with Gasteiger partial charge in [0.2, 0.25) is 0 Å². The number of guanidine groups is 1. The van der Waals surface area contributed by atoms with Gasteiger partial charge in [0.1, 0.15) is 0 Å². The number of hydrogen-bond acceptors (Lipinski definition) is 3.